The van der Waals surface area contributed by atoms with Crippen LogP contribution in [0.3, 0.4) is 0 Å². The first kappa shape index (κ1) is 10.1. The van der Waals surface area contributed by atoms with Crippen LogP contribution in [-0.2, 0) is 0 Å². The zero-order chi connectivity index (χ0) is 8.97. The van der Waals surface area contributed by atoms with E-state index in [-0.39, 0.29) is 0 Å². The minimum atomic E-state index is 1.09. The third-order valence-electron chi connectivity index (χ3n) is 2.16. The Hall–Kier alpha value is 0.0200. The summed E-state index contributed by atoms with van der Waals surface area (Å²) in [4.78, 5) is 2.36. The molecule has 0 radical (unpaired) electrons. The second kappa shape index (κ2) is 4.90. The van der Waals surface area contributed by atoms with E-state index in [1.54, 1.807) is 0 Å². The van der Waals surface area contributed by atoms with Crippen molar-refractivity contribution in [3.05, 3.63) is 24.3 Å². The van der Waals surface area contributed by atoms with E-state index in [0.717, 1.165) is 41.0 Å². The molecule has 0 saturated carbocycles. The minimum absolute atomic E-state index is 1.09. The van der Waals surface area contributed by atoms with Crippen molar-refractivity contribution in [2.24, 2.45) is 0 Å². The molecule has 0 N–H and O–H groups in total. The fraction of sp³-hybridized carbons (Fsp3) is 0.400. The molecule has 0 bridgehead atoms. The number of hydrogen-bond acceptors (Lipinski definition) is 1. The molecule has 2 heteroatoms. The summed E-state index contributed by atoms with van der Waals surface area (Å²) in [5, 5.41) is 0. The van der Waals surface area contributed by atoms with Crippen LogP contribution >= 0.6 is 0 Å². The summed E-state index contributed by atoms with van der Waals surface area (Å²) in [5.74, 6) is 0. The molecule has 1 nitrogen and oxygen atoms in total. The quantitative estimate of drug-likeness (QED) is 0.620. The van der Waals surface area contributed by atoms with Gasteiger partial charge in [-0.05, 0) is 0 Å². The Morgan fingerprint density at radius 3 is 2.00 bits per heavy atom. The third-order valence-corrected chi connectivity index (χ3v) is 2.83. The first-order valence-corrected chi connectivity index (χ1v) is 5.59. The molecule has 0 aliphatic carbocycles. The van der Waals surface area contributed by atoms with Gasteiger partial charge in [0, 0.05) is 0 Å². The Labute approximate surface area is 92.2 Å². The van der Waals surface area contributed by atoms with E-state index in [1.165, 1.54) is 8.50 Å². The monoisotopic (exact) mass is 171 g/mol. The normalized spacial score (nSPS) is 10.0. The van der Waals surface area contributed by atoms with Gasteiger partial charge in [0.2, 0.25) is 0 Å². The van der Waals surface area contributed by atoms with E-state index < -0.39 is 0 Å². The van der Waals surface area contributed by atoms with Crippen molar-refractivity contribution < 1.29 is 0 Å². The van der Waals surface area contributed by atoms with Crippen LogP contribution in [0.15, 0.2) is 24.3 Å². The second-order valence-corrected chi connectivity index (χ2v) is 4.16. The van der Waals surface area contributed by atoms with Gasteiger partial charge in [0.1, 0.15) is 0 Å². The fourth-order valence-electron chi connectivity index (χ4n) is 1.34. The number of rotatable bonds is 3. The number of anilines is 1. The van der Waals surface area contributed by atoms with Gasteiger partial charge in [0.25, 0.3) is 0 Å². The van der Waals surface area contributed by atoms with Crippen LogP contribution in [0.25, 0.3) is 0 Å². The van der Waals surface area contributed by atoms with E-state index in [1.807, 2.05) is 0 Å². The molecule has 0 fully saturated rings. The fourth-order valence-corrected chi connectivity index (χ4v) is 1.68. The molecule has 60 valence electrons. The van der Waals surface area contributed by atoms with E-state index in [9.17, 15) is 0 Å². The molecule has 0 aliphatic rings. The molecular weight excluding hydrogens is 157 g/mol. The molecule has 1 aromatic carbocycles. The molecule has 0 atom stereocenters. The predicted octanol–water partition coefficient (Wildman–Crippen LogP) is 1.33. The van der Waals surface area contributed by atoms with Gasteiger partial charge in [-0.3, -0.25) is 0 Å². The van der Waals surface area contributed by atoms with Gasteiger partial charge in [-0.25, -0.2) is 0 Å². The zero-order valence-corrected chi connectivity index (χ0v) is 10.2. The Morgan fingerprint density at radius 1 is 1.08 bits per heavy atom. The van der Waals surface area contributed by atoms with Gasteiger partial charge in [-0.1, -0.05) is 0 Å². The average Bonchev–Trinajstić information content (AvgIpc) is 2.10. The summed E-state index contributed by atoms with van der Waals surface area (Å²) >= 11 is 1.15. The summed E-state index contributed by atoms with van der Waals surface area (Å²) in [6.45, 7) is 6.57. The Bertz CT molecular complexity index is 226. The SMILES string of the molecule is CCN(CC)c1cc[c]([Na])cc1. The van der Waals surface area contributed by atoms with Crippen molar-refractivity contribution in [2.45, 2.75) is 13.8 Å². The molecule has 1 rings (SSSR count). The first-order valence-electron chi connectivity index (χ1n) is 4.59. The van der Waals surface area contributed by atoms with Crippen LogP contribution in [0.1, 0.15) is 13.8 Å². The van der Waals surface area contributed by atoms with Gasteiger partial charge in [0.05, 0.1) is 0 Å². The van der Waals surface area contributed by atoms with Gasteiger partial charge in [-0.15, -0.1) is 0 Å². The summed E-state index contributed by atoms with van der Waals surface area (Å²) in [7, 11) is 0. The van der Waals surface area contributed by atoms with Crippen LogP contribution < -0.4 is 7.71 Å². The van der Waals surface area contributed by atoms with Crippen LogP contribution in [0.4, 0.5) is 5.69 Å². The summed E-state index contributed by atoms with van der Waals surface area (Å²) in [6.07, 6.45) is 0. The summed E-state index contributed by atoms with van der Waals surface area (Å²) in [5.41, 5.74) is 1.35. The molecule has 0 saturated heterocycles. The van der Waals surface area contributed by atoms with Crippen molar-refractivity contribution in [1.29, 1.82) is 0 Å². The molecule has 0 aliphatic heterocycles. The maximum absolute atomic E-state index is 2.36. The van der Waals surface area contributed by atoms with E-state index in [4.69, 9.17) is 0 Å². The summed E-state index contributed by atoms with van der Waals surface area (Å²) < 4.78 is 1.46. The molecule has 0 spiro atoms. The molecule has 1 aromatic rings. The molecular formula is C10H14NNa. The Balaban J connectivity index is 2.80. The van der Waals surface area contributed by atoms with Crippen LogP contribution in [0.5, 0.6) is 0 Å². The topological polar surface area (TPSA) is 3.24 Å². The molecule has 12 heavy (non-hydrogen) atoms. The van der Waals surface area contributed by atoms with Crippen molar-refractivity contribution in [1.82, 2.24) is 0 Å². The zero-order valence-electron chi connectivity index (χ0n) is 8.17. The van der Waals surface area contributed by atoms with E-state index in [2.05, 4.69) is 43.0 Å². The van der Waals surface area contributed by atoms with Gasteiger partial charge in [0.15, 0.2) is 0 Å². The molecule has 0 unspecified atom stereocenters. The third kappa shape index (κ3) is 2.51. The number of benzene rings is 1. The van der Waals surface area contributed by atoms with Crippen molar-refractivity contribution in [3.63, 3.8) is 0 Å². The van der Waals surface area contributed by atoms with Crippen LogP contribution in [0.2, 0.25) is 0 Å². The van der Waals surface area contributed by atoms with E-state index in [0.29, 0.717) is 0 Å². The van der Waals surface area contributed by atoms with Crippen LogP contribution in [0, 0.1) is 0 Å². The van der Waals surface area contributed by atoms with Gasteiger partial charge < -0.3 is 0 Å². The number of hydrogen-bond donors (Lipinski definition) is 0. The molecule has 0 amide bonds. The standard InChI is InChI=1S/C10H14N.Na/c1-3-11(4-2)10-8-6-5-7-9-10;/h6-9H,3-4H2,1-2H3;. The predicted molar refractivity (Wildman–Crippen MR) is 55.4 cm³/mol. The van der Waals surface area contributed by atoms with E-state index >= 15 is 0 Å². The Morgan fingerprint density at radius 2 is 1.58 bits per heavy atom. The first-order chi connectivity index (χ1) is 5.77. The summed E-state index contributed by atoms with van der Waals surface area (Å²) in [6, 6.07) is 8.88. The maximum atomic E-state index is 2.36. The van der Waals surface area contributed by atoms with Crippen molar-refractivity contribution >= 4 is 36.4 Å². The Kier molecular flexibility index (Phi) is 4.13. The second-order valence-electron chi connectivity index (χ2n) is 3.01. The van der Waals surface area contributed by atoms with Crippen molar-refractivity contribution in [2.75, 3.05) is 18.0 Å². The average molecular weight is 171 g/mol. The van der Waals surface area contributed by atoms with Gasteiger partial charge in [-0.2, -0.15) is 0 Å². The number of nitrogens with zero attached hydrogens (tertiary/aromatic N) is 1. The molecule has 0 aromatic heterocycles. The van der Waals surface area contributed by atoms with Crippen LogP contribution in [-0.4, -0.2) is 41.0 Å². The van der Waals surface area contributed by atoms with Crippen molar-refractivity contribution in [3.8, 4) is 0 Å². The van der Waals surface area contributed by atoms with Gasteiger partial charge >= 0.3 is 92.5 Å². The molecule has 0 heterocycles.